The second kappa shape index (κ2) is 12.8. The number of carbonyl (C=O) groups is 1. The van der Waals surface area contributed by atoms with Crippen molar-refractivity contribution < 1.29 is 32.5 Å². The van der Waals surface area contributed by atoms with Crippen LogP contribution in [0.5, 0.6) is 11.5 Å². The van der Waals surface area contributed by atoms with Crippen molar-refractivity contribution in [2.75, 3.05) is 30.5 Å². The number of anilines is 2. The van der Waals surface area contributed by atoms with Gasteiger partial charge in [-0.3, -0.25) is 4.79 Å². The van der Waals surface area contributed by atoms with E-state index in [1.807, 2.05) is 0 Å². The van der Waals surface area contributed by atoms with Gasteiger partial charge in [0, 0.05) is 52.5 Å². The molecule has 212 valence electrons. The lowest BCUT2D eigenvalue weighted by atomic mass is 10.0. The SMILES string of the molecule is C=C(O)CCCOc1cc(NC(C(=O)N2CCc3ccc(SC(F)(F)F)cc32)c2ccc(Cl)cc2)cc(OC)c1. The lowest BCUT2D eigenvalue weighted by Crippen LogP contribution is -2.37. The number of carbonyl (C=O) groups excluding carboxylic acids is 1. The van der Waals surface area contributed by atoms with E-state index in [0.717, 1.165) is 5.56 Å². The molecule has 40 heavy (non-hydrogen) atoms. The summed E-state index contributed by atoms with van der Waals surface area (Å²) >= 11 is 5.89. The molecule has 0 radical (unpaired) electrons. The van der Waals surface area contributed by atoms with Crippen LogP contribution in [0.25, 0.3) is 0 Å². The minimum atomic E-state index is -4.44. The Morgan fingerprint density at radius 1 is 1.15 bits per heavy atom. The molecule has 6 nitrogen and oxygen atoms in total. The van der Waals surface area contributed by atoms with Crippen LogP contribution in [0.1, 0.15) is 30.0 Å². The lowest BCUT2D eigenvalue weighted by molar-refractivity contribution is -0.119. The van der Waals surface area contributed by atoms with Gasteiger partial charge in [-0.25, -0.2) is 0 Å². The number of alkyl halides is 3. The van der Waals surface area contributed by atoms with Gasteiger partial charge in [0.05, 0.1) is 19.5 Å². The van der Waals surface area contributed by atoms with Crippen LogP contribution in [0.2, 0.25) is 5.02 Å². The number of allylic oxidation sites excluding steroid dienone is 1. The van der Waals surface area contributed by atoms with Gasteiger partial charge in [-0.05, 0) is 60.0 Å². The summed E-state index contributed by atoms with van der Waals surface area (Å²) in [7, 11) is 1.51. The second-order valence-electron chi connectivity index (χ2n) is 9.12. The molecule has 0 aliphatic carbocycles. The minimum Gasteiger partial charge on any atom is -0.513 e. The fourth-order valence-electron chi connectivity index (χ4n) is 4.37. The first kappa shape index (κ1) is 29.5. The first-order valence-corrected chi connectivity index (χ1v) is 13.6. The first-order chi connectivity index (χ1) is 19.0. The highest BCUT2D eigenvalue weighted by Gasteiger charge is 2.34. The molecule has 0 bridgehead atoms. The van der Waals surface area contributed by atoms with E-state index in [-0.39, 0.29) is 28.3 Å². The highest BCUT2D eigenvalue weighted by molar-refractivity contribution is 8.00. The Bertz CT molecular complexity index is 1370. The van der Waals surface area contributed by atoms with Gasteiger partial charge in [-0.2, -0.15) is 13.2 Å². The van der Waals surface area contributed by atoms with Crippen molar-refractivity contribution in [1.29, 1.82) is 0 Å². The topological polar surface area (TPSA) is 71.0 Å². The summed E-state index contributed by atoms with van der Waals surface area (Å²) in [5, 5.41) is 13.1. The first-order valence-electron chi connectivity index (χ1n) is 12.4. The Labute approximate surface area is 239 Å². The molecule has 0 aromatic heterocycles. The van der Waals surface area contributed by atoms with Crippen LogP contribution in [-0.4, -0.2) is 36.8 Å². The zero-order valence-corrected chi connectivity index (χ0v) is 23.2. The van der Waals surface area contributed by atoms with Crippen molar-refractivity contribution in [1.82, 2.24) is 0 Å². The van der Waals surface area contributed by atoms with E-state index in [4.69, 9.17) is 21.1 Å². The van der Waals surface area contributed by atoms with E-state index in [1.165, 1.54) is 24.1 Å². The average Bonchev–Trinajstić information content (AvgIpc) is 3.32. The molecule has 2 N–H and O–H groups in total. The van der Waals surface area contributed by atoms with Crippen molar-refractivity contribution in [2.45, 2.75) is 35.7 Å². The van der Waals surface area contributed by atoms with E-state index in [9.17, 15) is 23.1 Å². The van der Waals surface area contributed by atoms with Gasteiger partial charge in [0.1, 0.15) is 17.5 Å². The van der Waals surface area contributed by atoms with Gasteiger partial charge >= 0.3 is 5.51 Å². The van der Waals surface area contributed by atoms with Crippen molar-refractivity contribution in [3.05, 3.63) is 89.2 Å². The van der Waals surface area contributed by atoms with Crippen molar-refractivity contribution in [2.24, 2.45) is 0 Å². The summed E-state index contributed by atoms with van der Waals surface area (Å²) < 4.78 is 50.3. The maximum absolute atomic E-state index is 14.0. The number of aliphatic hydroxyl groups is 1. The molecular weight excluding hydrogens is 565 g/mol. The third kappa shape index (κ3) is 7.79. The number of hydrogen-bond donors (Lipinski definition) is 2. The number of aliphatic hydroxyl groups excluding tert-OH is 1. The van der Waals surface area contributed by atoms with Crippen LogP contribution >= 0.6 is 23.4 Å². The van der Waals surface area contributed by atoms with Gasteiger partial charge in [-0.15, -0.1) is 0 Å². The van der Waals surface area contributed by atoms with E-state index in [2.05, 4.69) is 11.9 Å². The number of nitrogens with zero attached hydrogens (tertiary/aromatic N) is 1. The Morgan fingerprint density at radius 3 is 2.55 bits per heavy atom. The molecule has 3 aromatic rings. The number of ether oxygens (including phenoxy) is 2. The summed E-state index contributed by atoms with van der Waals surface area (Å²) in [5.41, 5.74) is -2.02. The largest absolute Gasteiger partial charge is 0.513 e. The van der Waals surface area contributed by atoms with E-state index >= 15 is 0 Å². The van der Waals surface area contributed by atoms with Gasteiger partial charge < -0.3 is 24.8 Å². The predicted octanol–water partition coefficient (Wildman–Crippen LogP) is 7.93. The quantitative estimate of drug-likeness (QED) is 0.134. The van der Waals surface area contributed by atoms with Crippen molar-refractivity contribution in [3.63, 3.8) is 0 Å². The minimum absolute atomic E-state index is 0.0151. The lowest BCUT2D eigenvalue weighted by Gasteiger charge is -2.27. The number of benzene rings is 3. The second-order valence-corrected chi connectivity index (χ2v) is 10.7. The maximum Gasteiger partial charge on any atom is 0.446 e. The van der Waals surface area contributed by atoms with Crippen LogP contribution in [0.15, 0.2) is 77.9 Å². The molecule has 1 aliphatic heterocycles. The van der Waals surface area contributed by atoms with Gasteiger partial charge in [0.2, 0.25) is 0 Å². The molecule has 11 heteroatoms. The van der Waals surface area contributed by atoms with Gasteiger partial charge in [-0.1, -0.05) is 36.4 Å². The van der Waals surface area contributed by atoms with E-state index in [0.29, 0.717) is 65.9 Å². The third-order valence-corrected chi connectivity index (χ3v) is 7.18. The molecular formula is C29H28ClF3N2O4S. The smallest absolute Gasteiger partial charge is 0.446 e. The number of fused-ring (bicyclic) bond motifs is 1. The van der Waals surface area contributed by atoms with Crippen LogP contribution in [0, 0.1) is 0 Å². The van der Waals surface area contributed by atoms with Crippen LogP contribution in [0.4, 0.5) is 24.5 Å². The molecule has 0 fully saturated rings. The van der Waals surface area contributed by atoms with Crippen LogP contribution < -0.4 is 19.7 Å². The molecule has 1 aliphatic rings. The fourth-order valence-corrected chi connectivity index (χ4v) is 5.07. The van der Waals surface area contributed by atoms with E-state index < -0.39 is 11.6 Å². The number of thioether (sulfide) groups is 1. The molecule has 1 amide bonds. The van der Waals surface area contributed by atoms with Crippen LogP contribution in [0.3, 0.4) is 0 Å². The Balaban J connectivity index is 1.63. The summed E-state index contributed by atoms with van der Waals surface area (Å²) in [6, 6.07) is 15.5. The zero-order chi connectivity index (χ0) is 28.9. The maximum atomic E-state index is 14.0. The summed E-state index contributed by atoms with van der Waals surface area (Å²) in [6.45, 7) is 4.13. The Kier molecular flexibility index (Phi) is 9.42. The molecule has 0 saturated heterocycles. The highest BCUT2D eigenvalue weighted by atomic mass is 35.5. The predicted molar refractivity (Wildman–Crippen MR) is 152 cm³/mol. The number of rotatable bonds is 11. The van der Waals surface area contributed by atoms with Gasteiger partial charge in [0.15, 0.2) is 0 Å². The normalized spacial score (nSPS) is 13.5. The summed E-state index contributed by atoms with van der Waals surface area (Å²) in [5.74, 6) is 0.734. The van der Waals surface area contributed by atoms with Gasteiger partial charge in [0.25, 0.3) is 5.91 Å². The highest BCUT2D eigenvalue weighted by Crippen LogP contribution is 2.41. The molecule has 3 aromatic carbocycles. The standard InChI is InChI=1S/C29H28ClF3N2O4S/c1-18(36)4-3-13-39-24-15-22(14-23(16-24)38-2)34-27(20-5-8-21(30)9-6-20)28(37)35-12-11-19-7-10-25(17-26(19)35)40-29(31,32)33/h5-10,14-17,27,34,36H,1,3-4,11-13H2,2H3. The molecule has 1 heterocycles. The zero-order valence-electron chi connectivity index (χ0n) is 21.6. The summed E-state index contributed by atoms with van der Waals surface area (Å²) in [6.07, 6.45) is 1.50. The Hall–Kier alpha value is -3.50. The third-order valence-electron chi connectivity index (χ3n) is 6.21. The number of amides is 1. The monoisotopic (exact) mass is 592 g/mol. The number of hydrogen-bond acceptors (Lipinski definition) is 6. The molecule has 1 atom stereocenters. The molecule has 0 saturated carbocycles. The van der Waals surface area contributed by atoms with Crippen LogP contribution in [-0.2, 0) is 11.2 Å². The number of halogens is 4. The fraction of sp³-hybridized carbons (Fsp3) is 0.276. The number of nitrogens with one attached hydrogen (secondary N) is 1. The number of methoxy groups -OCH3 is 1. The van der Waals surface area contributed by atoms with Crippen molar-refractivity contribution >= 4 is 40.6 Å². The molecule has 1 unspecified atom stereocenters. The Morgan fingerprint density at radius 2 is 1.88 bits per heavy atom. The average molecular weight is 593 g/mol. The molecule has 4 rings (SSSR count). The van der Waals surface area contributed by atoms with Crippen molar-refractivity contribution in [3.8, 4) is 11.5 Å². The molecule has 0 spiro atoms. The summed E-state index contributed by atoms with van der Waals surface area (Å²) in [4.78, 5) is 15.5. The van der Waals surface area contributed by atoms with E-state index in [1.54, 1.807) is 48.5 Å².